The predicted molar refractivity (Wildman–Crippen MR) is 125 cm³/mol. The fourth-order valence-electron chi connectivity index (χ4n) is 3.81. The second-order valence-corrected chi connectivity index (χ2v) is 7.92. The molecule has 9 heteroatoms. The van der Waals surface area contributed by atoms with Gasteiger partial charge in [-0.05, 0) is 61.0 Å². The van der Waals surface area contributed by atoms with E-state index in [0.717, 1.165) is 5.69 Å². The lowest BCUT2D eigenvalue weighted by atomic mass is 10.0. The summed E-state index contributed by atoms with van der Waals surface area (Å²) in [5.74, 6) is 0.119. The quantitative estimate of drug-likeness (QED) is 0.203. The second kappa shape index (κ2) is 9.52. The zero-order valence-corrected chi connectivity index (χ0v) is 20.1. The molecule has 0 saturated heterocycles. The van der Waals surface area contributed by atoms with E-state index >= 15 is 0 Å². The number of carbonyl (C=O) groups is 1. The largest absolute Gasteiger partial charge is 0.504 e. The Kier molecular flexibility index (Phi) is 6.98. The maximum atomic E-state index is 13.0. The van der Waals surface area contributed by atoms with Crippen molar-refractivity contribution < 1.29 is 29.3 Å². The molecule has 0 fully saturated rings. The first-order valence-electron chi connectivity index (χ1n) is 9.91. The molecule has 0 atom stereocenters. The van der Waals surface area contributed by atoms with E-state index in [4.69, 9.17) is 14.2 Å². The molecular formula is C23H25BrN2O6. The number of aromatic nitrogens is 1. The molecule has 3 rings (SSSR count). The number of phenolic OH excluding ortho intramolecular Hbond substituents is 1. The van der Waals surface area contributed by atoms with Gasteiger partial charge in [0.2, 0.25) is 0 Å². The molecule has 0 aliphatic heterocycles. The summed E-state index contributed by atoms with van der Waals surface area (Å²) >= 11 is 3.53. The lowest BCUT2D eigenvalue weighted by Crippen LogP contribution is -2.07. The number of benzene rings is 2. The average molecular weight is 505 g/mol. The monoisotopic (exact) mass is 504 g/mol. The summed E-state index contributed by atoms with van der Waals surface area (Å²) in [6, 6.07) is 7.32. The van der Waals surface area contributed by atoms with Crippen LogP contribution in [0.25, 0.3) is 16.6 Å². The molecule has 32 heavy (non-hydrogen) atoms. The highest BCUT2D eigenvalue weighted by Crippen LogP contribution is 2.48. The summed E-state index contributed by atoms with van der Waals surface area (Å²) in [5.41, 5.74) is 3.26. The van der Waals surface area contributed by atoms with Gasteiger partial charge in [0, 0.05) is 23.4 Å². The van der Waals surface area contributed by atoms with Crippen LogP contribution in [0.3, 0.4) is 0 Å². The fraction of sp³-hybridized carbons (Fsp3) is 0.304. The van der Waals surface area contributed by atoms with Crippen molar-refractivity contribution in [2.75, 3.05) is 20.8 Å². The van der Waals surface area contributed by atoms with Gasteiger partial charge in [0.1, 0.15) is 5.75 Å². The highest BCUT2D eigenvalue weighted by molar-refractivity contribution is 9.10. The van der Waals surface area contributed by atoms with Gasteiger partial charge in [-0.3, -0.25) is 0 Å². The Balaban J connectivity index is 2.53. The third kappa shape index (κ3) is 3.88. The van der Waals surface area contributed by atoms with E-state index in [-0.39, 0.29) is 30.1 Å². The number of halogens is 1. The first-order valence-corrected chi connectivity index (χ1v) is 10.7. The molecule has 0 aliphatic rings. The lowest BCUT2D eigenvalue weighted by Gasteiger charge is -2.16. The first-order chi connectivity index (χ1) is 15.3. The molecule has 1 aromatic heterocycles. The van der Waals surface area contributed by atoms with Crippen molar-refractivity contribution in [3.8, 4) is 22.9 Å². The van der Waals surface area contributed by atoms with Gasteiger partial charge in [0.25, 0.3) is 0 Å². The van der Waals surface area contributed by atoms with Gasteiger partial charge in [0.05, 0.1) is 47.5 Å². The molecule has 2 N–H and O–H groups in total. The molecule has 0 saturated carbocycles. The number of methoxy groups -OCH3 is 2. The molecule has 2 aromatic carbocycles. The van der Waals surface area contributed by atoms with Crippen molar-refractivity contribution in [3.63, 3.8) is 0 Å². The molecule has 3 aromatic rings. The topological polar surface area (TPSA) is 103 Å². The van der Waals surface area contributed by atoms with Gasteiger partial charge in [0.15, 0.2) is 11.5 Å². The summed E-state index contributed by atoms with van der Waals surface area (Å²) in [7, 11) is 3.01. The minimum Gasteiger partial charge on any atom is -0.504 e. The third-order valence-corrected chi connectivity index (χ3v) is 6.07. The zero-order chi connectivity index (χ0) is 23.6. The smallest absolute Gasteiger partial charge is 0.340 e. The number of rotatable bonds is 7. The Bertz CT molecular complexity index is 1200. The van der Waals surface area contributed by atoms with Gasteiger partial charge in [-0.2, -0.15) is 0 Å². The minimum atomic E-state index is -0.555. The molecule has 0 radical (unpaired) electrons. The van der Waals surface area contributed by atoms with Crippen LogP contribution in [0.5, 0.6) is 17.2 Å². The number of hydrogen-bond acceptors (Lipinski definition) is 7. The average Bonchev–Trinajstić information content (AvgIpc) is 3.10. The van der Waals surface area contributed by atoms with E-state index in [1.807, 2.05) is 28.8 Å². The third-order valence-electron chi connectivity index (χ3n) is 5.23. The highest BCUT2D eigenvalue weighted by Gasteiger charge is 2.30. The Morgan fingerprint density at radius 2 is 1.84 bits per heavy atom. The van der Waals surface area contributed by atoms with Gasteiger partial charge in [-0.25, -0.2) is 4.79 Å². The highest BCUT2D eigenvalue weighted by atomic mass is 79.9. The van der Waals surface area contributed by atoms with Crippen molar-refractivity contribution in [1.82, 2.24) is 4.57 Å². The van der Waals surface area contributed by atoms with Crippen LogP contribution in [-0.4, -0.2) is 47.4 Å². The van der Waals surface area contributed by atoms with E-state index in [2.05, 4.69) is 21.1 Å². The van der Waals surface area contributed by atoms with Crippen LogP contribution in [0.15, 0.2) is 33.9 Å². The van der Waals surface area contributed by atoms with Gasteiger partial charge < -0.3 is 29.1 Å². The first kappa shape index (κ1) is 23.5. The molecular weight excluding hydrogens is 480 g/mol. The summed E-state index contributed by atoms with van der Waals surface area (Å²) in [5, 5.41) is 24.0. The van der Waals surface area contributed by atoms with Crippen LogP contribution in [0.2, 0.25) is 0 Å². The number of nitrogens with zero attached hydrogens (tertiary/aromatic N) is 2. The van der Waals surface area contributed by atoms with Crippen LogP contribution in [-0.2, 0) is 11.2 Å². The summed E-state index contributed by atoms with van der Waals surface area (Å²) in [4.78, 5) is 13.0. The number of ether oxygens (including phenoxy) is 3. The van der Waals surface area contributed by atoms with Crippen molar-refractivity contribution in [3.05, 3.63) is 45.6 Å². The Hall–Kier alpha value is -3.20. The zero-order valence-electron chi connectivity index (χ0n) is 18.5. The predicted octanol–water partition coefficient (Wildman–Crippen LogP) is 4.99. The molecule has 8 nitrogen and oxygen atoms in total. The molecule has 0 unspecified atom stereocenters. The van der Waals surface area contributed by atoms with Crippen LogP contribution < -0.4 is 9.47 Å². The SMILES string of the molecule is CCOC(=O)c1c(C)n(-c2ccc(OC)cc2)c2c(C/C(C)=N/O)c(Br)c(OC)c(O)c12. The standard InChI is InChI=1S/C23H25BrN2O6/c1-6-32-23(28)17-13(3)26(14-7-9-15(30-4)10-8-14)20-16(11-12(2)25-29)19(24)22(31-5)21(27)18(17)20/h7-10,27,29H,6,11H2,1-5H3/b25-12+. The molecule has 0 aliphatic carbocycles. The molecule has 170 valence electrons. The van der Waals surface area contributed by atoms with Crippen LogP contribution in [0, 0.1) is 6.92 Å². The van der Waals surface area contributed by atoms with Crippen molar-refractivity contribution in [2.24, 2.45) is 5.16 Å². The number of phenols is 1. The van der Waals surface area contributed by atoms with Gasteiger partial charge >= 0.3 is 5.97 Å². The molecule has 0 bridgehead atoms. The number of esters is 1. The van der Waals surface area contributed by atoms with E-state index in [9.17, 15) is 15.1 Å². The van der Waals surface area contributed by atoms with Crippen LogP contribution >= 0.6 is 15.9 Å². The summed E-state index contributed by atoms with van der Waals surface area (Å²) in [6.45, 7) is 5.37. The van der Waals surface area contributed by atoms with Crippen molar-refractivity contribution in [1.29, 1.82) is 0 Å². The van der Waals surface area contributed by atoms with Crippen LogP contribution in [0.1, 0.15) is 35.5 Å². The summed E-state index contributed by atoms with van der Waals surface area (Å²) in [6.07, 6.45) is 0.242. The van der Waals surface area contributed by atoms with Crippen LogP contribution in [0.4, 0.5) is 0 Å². The molecule has 1 heterocycles. The Morgan fingerprint density at radius 1 is 1.19 bits per heavy atom. The molecule has 0 amide bonds. The van der Waals surface area contributed by atoms with E-state index in [1.165, 1.54) is 7.11 Å². The maximum Gasteiger partial charge on any atom is 0.340 e. The normalized spacial score (nSPS) is 11.6. The maximum absolute atomic E-state index is 13.0. The number of carbonyl (C=O) groups excluding carboxylic acids is 1. The molecule has 0 spiro atoms. The number of oxime groups is 1. The van der Waals surface area contributed by atoms with Crippen molar-refractivity contribution >= 4 is 38.5 Å². The van der Waals surface area contributed by atoms with E-state index < -0.39 is 5.97 Å². The van der Waals surface area contributed by atoms with Gasteiger partial charge in [-0.1, -0.05) is 5.16 Å². The van der Waals surface area contributed by atoms with Gasteiger partial charge in [-0.15, -0.1) is 0 Å². The number of aromatic hydroxyl groups is 1. The fourth-order valence-corrected chi connectivity index (χ4v) is 4.49. The second-order valence-electron chi connectivity index (χ2n) is 7.12. The van der Waals surface area contributed by atoms with E-state index in [0.29, 0.717) is 38.1 Å². The number of hydrogen-bond donors (Lipinski definition) is 2. The number of fused-ring (bicyclic) bond motifs is 1. The lowest BCUT2D eigenvalue weighted by molar-refractivity contribution is 0.0527. The van der Waals surface area contributed by atoms with E-state index in [1.54, 1.807) is 27.9 Å². The summed E-state index contributed by atoms with van der Waals surface area (Å²) < 4.78 is 18.4. The Morgan fingerprint density at radius 3 is 2.38 bits per heavy atom. The van der Waals surface area contributed by atoms with Crippen molar-refractivity contribution in [2.45, 2.75) is 27.2 Å². The Labute approximate surface area is 194 Å². The minimum absolute atomic E-state index is 0.177.